The van der Waals surface area contributed by atoms with Crippen LogP contribution in [-0.2, 0) is 0 Å². The van der Waals surface area contributed by atoms with E-state index in [-0.39, 0.29) is 0 Å². The van der Waals surface area contributed by atoms with E-state index in [0.717, 1.165) is 62.6 Å². The minimum Gasteiger partial charge on any atom is -0.0654 e. The predicted molar refractivity (Wildman–Crippen MR) is 259 cm³/mol. The minimum atomic E-state index is -0.490. The van der Waals surface area contributed by atoms with Crippen molar-refractivity contribution in [3.05, 3.63) is 0 Å². The number of rotatable bonds is 51. The van der Waals surface area contributed by atoms with Crippen LogP contribution in [0.15, 0.2) is 0 Å². The number of nitrogens with zero attached hydrogens (tertiary/aromatic N) is 3. The predicted octanol–water partition coefficient (Wildman–Crippen LogP) is 9.48. The average Bonchev–Trinajstić information content (AvgIpc) is 3.24. The minimum absolute atomic E-state index is 0.399. The third kappa shape index (κ3) is 42.4. The molecule has 364 valence electrons. The summed E-state index contributed by atoms with van der Waals surface area (Å²) in [4.78, 5) is 2.42. The van der Waals surface area contributed by atoms with Gasteiger partial charge in [0.25, 0.3) is 0 Å². The Morgan fingerprint density at radius 1 is 0.433 bits per heavy atom. The van der Waals surface area contributed by atoms with E-state index >= 15 is 0 Å². The third-order valence-electron chi connectivity index (χ3n) is 12.5. The summed E-state index contributed by atoms with van der Waals surface area (Å²) in [7, 11) is 0. The SMILES string of the molecule is CCCCCCCCCCCCCC(O)CNN([I-]CCN(CC)CCN)N(CC(O)CCCCCCCCCCCCC)CC(O)CCCCCCCCCCCCC. The molecule has 0 saturated carbocycles. The van der Waals surface area contributed by atoms with Gasteiger partial charge in [-0.15, -0.1) is 0 Å². The van der Waals surface area contributed by atoms with Crippen LogP contribution in [-0.4, -0.2) is 97.1 Å². The zero-order valence-electron chi connectivity index (χ0n) is 41.0. The standard InChI is InChI=1S/C51H109IN5O3/c1-5-9-12-15-18-21-24-27-30-33-36-39-49(58)46-54-57(52-42-44-55(8-4)45-43-53)56(47-50(59)40-37-34-31-28-25-22-19-16-13-10-6-2)48-51(60)41-38-35-32-29-26-23-20-17-14-11-7-3/h49-51,54,58-60H,5-48,53H2,1-4H3/q-1. The molecule has 0 aliphatic heterocycles. The van der Waals surface area contributed by atoms with Gasteiger partial charge in [0.05, 0.1) is 0 Å². The zero-order valence-corrected chi connectivity index (χ0v) is 43.1. The van der Waals surface area contributed by atoms with Gasteiger partial charge >= 0.3 is 291 Å². The molecule has 3 unspecified atom stereocenters. The molecule has 0 aliphatic carbocycles. The smallest absolute Gasteiger partial charge is 0.0654 e. The van der Waals surface area contributed by atoms with E-state index in [4.69, 9.17) is 5.73 Å². The number of hydrogen-bond acceptors (Lipinski definition) is 8. The quantitative estimate of drug-likeness (QED) is 0.0135. The molecule has 0 saturated heterocycles. The average molecular weight is 967 g/mol. The van der Waals surface area contributed by atoms with Crippen LogP contribution in [0.1, 0.15) is 259 Å². The molecular weight excluding hydrogens is 857 g/mol. The maximum absolute atomic E-state index is 11.4. The fraction of sp³-hybridized carbons (Fsp3) is 1.00. The summed E-state index contributed by atoms with van der Waals surface area (Å²) in [5, 5.41) is 36.2. The number of hydrazine groups is 2. The molecule has 0 aromatic carbocycles. The Kier molecular flexibility index (Phi) is 49.2. The van der Waals surface area contributed by atoms with Crippen LogP contribution >= 0.6 is 0 Å². The van der Waals surface area contributed by atoms with Crippen molar-refractivity contribution in [2.24, 2.45) is 5.73 Å². The Balaban J connectivity index is 5.21. The Labute approximate surface area is 386 Å². The number of aliphatic hydroxyl groups is 3. The Morgan fingerprint density at radius 2 is 0.750 bits per heavy atom. The van der Waals surface area contributed by atoms with Crippen molar-refractivity contribution in [2.75, 3.05) is 50.2 Å². The van der Waals surface area contributed by atoms with Gasteiger partial charge in [0, 0.05) is 0 Å². The van der Waals surface area contributed by atoms with Gasteiger partial charge in [-0.25, -0.2) is 0 Å². The fourth-order valence-electron chi connectivity index (χ4n) is 8.37. The Morgan fingerprint density at radius 3 is 1.07 bits per heavy atom. The first-order valence-corrected chi connectivity index (χ1v) is 29.2. The number of aliphatic hydroxyl groups excluding tert-OH is 3. The van der Waals surface area contributed by atoms with Crippen molar-refractivity contribution in [1.29, 1.82) is 0 Å². The van der Waals surface area contributed by atoms with E-state index in [2.05, 4.69) is 46.4 Å². The van der Waals surface area contributed by atoms with E-state index in [1.54, 1.807) is 0 Å². The normalized spacial score (nSPS) is 13.7. The molecule has 0 fully saturated rings. The van der Waals surface area contributed by atoms with E-state index in [1.165, 1.54) is 193 Å². The summed E-state index contributed by atoms with van der Waals surface area (Å²) >= 11 is -0.490. The van der Waals surface area contributed by atoms with Gasteiger partial charge < -0.3 is 0 Å². The number of alkyl halides is 1. The van der Waals surface area contributed by atoms with Crippen LogP contribution in [0.25, 0.3) is 0 Å². The van der Waals surface area contributed by atoms with E-state index in [0.29, 0.717) is 26.2 Å². The second-order valence-electron chi connectivity index (χ2n) is 18.5. The van der Waals surface area contributed by atoms with Crippen molar-refractivity contribution < 1.29 is 36.8 Å². The summed E-state index contributed by atoms with van der Waals surface area (Å²) in [5.41, 5.74) is 9.59. The first-order valence-electron chi connectivity index (χ1n) is 26.8. The number of likely N-dealkylation sites (N-methyl/N-ethyl adjacent to an activating group) is 1. The molecule has 0 aromatic rings. The third-order valence-corrected chi connectivity index (χ3v) is 15.0. The molecule has 0 bridgehead atoms. The van der Waals surface area contributed by atoms with Gasteiger partial charge in [-0.05, 0) is 0 Å². The summed E-state index contributed by atoms with van der Waals surface area (Å²) < 4.78 is 3.31. The monoisotopic (exact) mass is 967 g/mol. The topological polar surface area (TPSA) is 108 Å². The molecule has 9 heteroatoms. The molecule has 60 heavy (non-hydrogen) atoms. The molecule has 0 amide bonds. The van der Waals surface area contributed by atoms with Crippen molar-refractivity contribution in [3.63, 3.8) is 0 Å². The summed E-state index contributed by atoms with van der Waals surface area (Å²) in [6, 6.07) is 0. The molecule has 0 radical (unpaired) electrons. The Bertz CT molecular complexity index is 783. The zero-order chi connectivity index (χ0) is 44.0. The van der Waals surface area contributed by atoms with Gasteiger partial charge in [-0.2, -0.15) is 0 Å². The molecule has 0 aliphatic rings. The molecule has 6 N–H and O–H groups in total. The maximum atomic E-state index is 11.4. The Hall–Kier alpha value is 0.410. The van der Waals surface area contributed by atoms with Crippen LogP contribution in [0, 0.1) is 0 Å². The molecule has 8 nitrogen and oxygen atoms in total. The van der Waals surface area contributed by atoms with Crippen molar-refractivity contribution in [2.45, 2.75) is 277 Å². The van der Waals surface area contributed by atoms with E-state index in [1.807, 2.05) is 0 Å². The summed E-state index contributed by atoms with van der Waals surface area (Å²) in [6.45, 7) is 14.2. The molecule has 0 heterocycles. The van der Waals surface area contributed by atoms with Crippen LogP contribution in [0.5, 0.6) is 0 Å². The van der Waals surface area contributed by atoms with E-state index in [9.17, 15) is 15.3 Å². The molecule has 3 atom stereocenters. The molecule has 0 rings (SSSR count). The van der Waals surface area contributed by atoms with Gasteiger partial charge in [0.2, 0.25) is 0 Å². The molecular formula is C51H109IN5O3-. The molecule has 0 spiro atoms. The fourth-order valence-corrected chi connectivity index (χ4v) is 10.9. The van der Waals surface area contributed by atoms with Crippen LogP contribution in [0.4, 0.5) is 0 Å². The van der Waals surface area contributed by atoms with Crippen molar-refractivity contribution >= 4 is 0 Å². The number of hydrogen-bond donors (Lipinski definition) is 5. The number of halogens is 1. The second kappa shape index (κ2) is 48.9. The van der Waals surface area contributed by atoms with Crippen LogP contribution < -0.4 is 32.6 Å². The number of nitrogens with two attached hydrogens (primary N) is 1. The van der Waals surface area contributed by atoms with Gasteiger partial charge in [0.1, 0.15) is 0 Å². The van der Waals surface area contributed by atoms with Gasteiger partial charge in [-0.3, -0.25) is 0 Å². The second-order valence-corrected chi connectivity index (χ2v) is 21.1. The number of unbranched alkanes of at least 4 members (excludes halogenated alkanes) is 30. The first kappa shape index (κ1) is 60.4. The van der Waals surface area contributed by atoms with Crippen LogP contribution in [0.3, 0.4) is 0 Å². The van der Waals surface area contributed by atoms with Gasteiger partial charge in [-0.1, -0.05) is 97.8 Å². The van der Waals surface area contributed by atoms with E-state index < -0.39 is 39.8 Å². The van der Waals surface area contributed by atoms with Crippen LogP contribution in [0.2, 0.25) is 0 Å². The summed E-state index contributed by atoms with van der Waals surface area (Å²) in [5.74, 6) is 0. The molecule has 0 aromatic heterocycles. The number of nitrogens with one attached hydrogen (secondary N) is 1. The van der Waals surface area contributed by atoms with Crippen molar-refractivity contribution in [3.8, 4) is 0 Å². The van der Waals surface area contributed by atoms with Crippen molar-refractivity contribution in [1.82, 2.24) is 18.7 Å². The van der Waals surface area contributed by atoms with Gasteiger partial charge in [0.15, 0.2) is 0 Å². The summed E-state index contributed by atoms with van der Waals surface area (Å²) in [6.07, 6.45) is 44.3. The first-order chi connectivity index (χ1) is 29.4.